The summed E-state index contributed by atoms with van der Waals surface area (Å²) in [5.41, 5.74) is 6.56. The Balaban J connectivity index is 2.07. The third-order valence-electron chi connectivity index (χ3n) is 3.89. The molecule has 1 atom stereocenters. The Bertz CT molecular complexity index is 541. The van der Waals surface area contributed by atoms with Gasteiger partial charge in [-0.15, -0.1) is 0 Å². The van der Waals surface area contributed by atoms with Crippen LogP contribution >= 0.6 is 0 Å². The highest BCUT2D eigenvalue weighted by Crippen LogP contribution is 2.21. The lowest BCUT2D eigenvalue weighted by atomic mass is 10.0. The molecule has 2 heterocycles. The molecule has 1 saturated heterocycles. The topological polar surface area (TPSA) is 79.8 Å². The van der Waals surface area contributed by atoms with Crippen molar-refractivity contribution < 1.29 is 12.8 Å². The van der Waals surface area contributed by atoms with E-state index in [2.05, 4.69) is 0 Å². The van der Waals surface area contributed by atoms with Gasteiger partial charge in [0.25, 0.3) is 10.2 Å². The lowest BCUT2D eigenvalue weighted by molar-refractivity contribution is 0.254. The predicted molar refractivity (Wildman–Crippen MR) is 77.2 cm³/mol. The molecule has 114 valence electrons. The maximum absolute atomic E-state index is 12.6. The molecule has 0 amide bonds. The molecule has 0 bridgehead atoms. The van der Waals surface area contributed by atoms with Gasteiger partial charge in [-0.25, -0.2) is 0 Å². The Morgan fingerprint density at radius 1 is 1.55 bits per heavy atom. The fourth-order valence-corrected chi connectivity index (χ4v) is 3.98. The SMILES string of the molecule is Cc1occc1CN(C)S(=O)(=O)N1CCCC(CN)C1. The van der Waals surface area contributed by atoms with Crippen molar-refractivity contribution >= 4 is 10.2 Å². The second-order valence-corrected chi connectivity index (χ2v) is 7.40. The van der Waals surface area contributed by atoms with Crippen LogP contribution in [-0.4, -0.2) is 43.7 Å². The van der Waals surface area contributed by atoms with Gasteiger partial charge in [-0.3, -0.25) is 0 Å². The number of aryl methyl sites for hydroxylation is 1. The summed E-state index contributed by atoms with van der Waals surface area (Å²) in [7, 11) is -1.82. The summed E-state index contributed by atoms with van der Waals surface area (Å²) >= 11 is 0. The third-order valence-corrected chi connectivity index (χ3v) is 5.80. The van der Waals surface area contributed by atoms with E-state index in [1.165, 1.54) is 4.31 Å². The maximum atomic E-state index is 12.6. The minimum absolute atomic E-state index is 0.266. The number of hydrogen-bond donors (Lipinski definition) is 1. The van der Waals surface area contributed by atoms with E-state index in [9.17, 15) is 8.42 Å². The quantitative estimate of drug-likeness (QED) is 0.877. The molecule has 6 nitrogen and oxygen atoms in total. The summed E-state index contributed by atoms with van der Waals surface area (Å²) in [4.78, 5) is 0. The number of nitrogens with zero attached hydrogens (tertiary/aromatic N) is 2. The minimum atomic E-state index is -3.43. The van der Waals surface area contributed by atoms with Crippen LogP contribution in [0.4, 0.5) is 0 Å². The molecule has 1 aromatic heterocycles. The van der Waals surface area contributed by atoms with Gasteiger partial charge < -0.3 is 10.2 Å². The molecule has 0 aromatic carbocycles. The number of hydrogen-bond acceptors (Lipinski definition) is 4. The van der Waals surface area contributed by atoms with E-state index in [-0.39, 0.29) is 5.92 Å². The van der Waals surface area contributed by atoms with Crippen molar-refractivity contribution in [1.29, 1.82) is 0 Å². The lowest BCUT2D eigenvalue weighted by Gasteiger charge is -2.33. The zero-order valence-corrected chi connectivity index (χ0v) is 12.9. The van der Waals surface area contributed by atoms with Crippen LogP contribution in [0.1, 0.15) is 24.2 Å². The highest BCUT2D eigenvalue weighted by atomic mass is 32.2. The third kappa shape index (κ3) is 3.22. The Morgan fingerprint density at radius 2 is 2.30 bits per heavy atom. The smallest absolute Gasteiger partial charge is 0.282 e. The van der Waals surface area contributed by atoms with Crippen molar-refractivity contribution in [2.45, 2.75) is 26.3 Å². The molecular formula is C13H23N3O3S. The van der Waals surface area contributed by atoms with Crippen molar-refractivity contribution in [3.05, 3.63) is 23.7 Å². The zero-order chi connectivity index (χ0) is 14.8. The molecule has 1 aliphatic rings. The van der Waals surface area contributed by atoms with Gasteiger partial charge in [-0.1, -0.05) is 0 Å². The summed E-state index contributed by atoms with van der Waals surface area (Å²) in [6.45, 7) is 3.80. The van der Waals surface area contributed by atoms with E-state index in [0.29, 0.717) is 26.2 Å². The molecule has 2 N–H and O–H groups in total. The van der Waals surface area contributed by atoms with Crippen LogP contribution in [0.25, 0.3) is 0 Å². The minimum Gasteiger partial charge on any atom is -0.469 e. The molecule has 0 aliphatic carbocycles. The molecule has 0 radical (unpaired) electrons. The second kappa shape index (κ2) is 6.26. The number of furan rings is 1. The molecule has 1 unspecified atom stereocenters. The summed E-state index contributed by atoms with van der Waals surface area (Å²) in [5, 5.41) is 0. The molecule has 2 rings (SSSR count). The summed E-state index contributed by atoms with van der Waals surface area (Å²) in [6.07, 6.45) is 3.46. The molecule has 0 saturated carbocycles. The normalized spacial score (nSPS) is 21.5. The van der Waals surface area contributed by atoms with Crippen molar-refractivity contribution in [3.63, 3.8) is 0 Å². The van der Waals surface area contributed by atoms with Crippen LogP contribution < -0.4 is 5.73 Å². The van der Waals surface area contributed by atoms with Crippen molar-refractivity contribution in [2.24, 2.45) is 11.7 Å². The Labute approximate surface area is 120 Å². The zero-order valence-electron chi connectivity index (χ0n) is 12.1. The van der Waals surface area contributed by atoms with Crippen molar-refractivity contribution in [3.8, 4) is 0 Å². The average Bonchev–Trinajstić information content (AvgIpc) is 2.84. The summed E-state index contributed by atoms with van der Waals surface area (Å²) in [5.74, 6) is 1.02. The van der Waals surface area contributed by atoms with Gasteiger partial charge in [0, 0.05) is 32.2 Å². The van der Waals surface area contributed by atoms with E-state index in [4.69, 9.17) is 10.2 Å². The van der Waals surface area contributed by atoms with Crippen molar-refractivity contribution in [1.82, 2.24) is 8.61 Å². The van der Waals surface area contributed by atoms with Gasteiger partial charge in [-0.05, 0) is 38.3 Å². The Morgan fingerprint density at radius 3 is 2.90 bits per heavy atom. The van der Waals surface area contributed by atoms with Crippen molar-refractivity contribution in [2.75, 3.05) is 26.7 Å². The Kier molecular flexibility index (Phi) is 4.85. The van der Waals surface area contributed by atoms with Crippen LogP contribution in [0, 0.1) is 12.8 Å². The van der Waals surface area contributed by atoms with E-state index in [0.717, 1.165) is 24.2 Å². The largest absolute Gasteiger partial charge is 0.469 e. The number of piperidine rings is 1. The number of rotatable bonds is 5. The number of nitrogens with two attached hydrogens (primary N) is 1. The maximum Gasteiger partial charge on any atom is 0.282 e. The van der Waals surface area contributed by atoms with Gasteiger partial charge in [0.1, 0.15) is 5.76 Å². The van der Waals surface area contributed by atoms with Crippen LogP contribution in [0.2, 0.25) is 0 Å². The molecule has 0 spiro atoms. The van der Waals surface area contributed by atoms with Gasteiger partial charge in [0.15, 0.2) is 0 Å². The average molecular weight is 301 g/mol. The molecular weight excluding hydrogens is 278 g/mol. The van der Waals surface area contributed by atoms with E-state index in [1.807, 2.05) is 6.92 Å². The summed E-state index contributed by atoms with van der Waals surface area (Å²) < 4.78 is 33.3. The van der Waals surface area contributed by atoms with Crippen LogP contribution in [0.15, 0.2) is 16.7 Å². The van der Waals surface area contributed by atoms with E-state index in [1.54, 1.807) is 23.7 Å². The highest BCUT2D eigenvalue weighted by Gasteiger charge is 2.31. The molecule has 20 heavy (non-hydrogen) atoms. The second-order valence-electron chi connectivity index (χ2n) is 5.37. The fraction of sp³-hybridized carbons (Fsp3) is 0.692. The van der Waals surface area contributed by atoms with Crippen LogP contribution in [0.5, 0.6) is 0 Å². The van der Waals surface area contributed by atoms with Gasteiger partial charge >= 0.3 is 0 Å². The first-order valence-corrected chi connectivity index (χ1v) is 8.29. The van der Waals surface area contributed by atoms with Gasteiger partial charge in [-0.2, -0.15) is 17.0 Å². The first-order chi connectivity index (χ1) is 9.45. The highest BCUT2D eigenvalue weighted by molar-refractivity contribution is 7.86. The molecule has 7 heteroatoms. The molecule has 1 fully saturated rings. The Hall–Kier alpha value is -0.890. The molecule has 1 aliphatic heterocycles. The van der Waals surface area contributed by atoms with Gasteiger partial charge in [0.05, 0.1) is 6.26 Å². The fourth-order valence-electron chi connectivity index (χ4n) is 2.52. The molecule has 1 aromatic rings. The first kappa shape index (κ1) is 15.5. The standard InChI is InChI=1S/C13H23N3O3S/c1-11-13(5-7-19-11)10-15(2)20(17,18)16-6-3-4-12(8-14)9-16/h5,7,12H,3-4,6,8-10,14H2,1-2H3. The van der Waals surface area contributed by atoms with Gasteiger partial charge in [0.2, 0.25) is 0 Å². The van der Waals surface area contributed by atoms with E-state index >= 15 is 0 Å². The monoisotopic (exact) mass is 301 g/mol. The van der Waals surface area contributed by atoms with Crippen LogP contribution in [0.3, 0.4) is 0 Å². The van der Waals surface area contributed by atoms with E-state index < -0.39 is 10.2 Å². The first-order valence-electron chi connectivity index (χ1n) is 6.89. The summed E-state index contributed by atoms with van der Waals surface area (Å²) in [6, 6.07) is 1.81. The van der Waals surface area contributed by atoms with Crippen LogP contribution in [-0.2, 0) is 16.8 Å². The lowest BCUT2D eigenvalue weighted by Crippen LogP contribution is -2.47. The predicted octanol–water partition coefficient (Wildman–Crippen LogP) is 0.935.